The van der Waals surface area contributed by atoms with E-state index in [2.05, 4.69) is 28.7 Å². The molecule has 0 radical (unpaired) electrons. The average molecular weight is 347 g/mol. The number of aromatic nitrogens is 2. The number of likely N-dealkylation sites (tertiary alicyclic amines) is 1. The van der Waals surface area contributed by atoms with Crippen LogP contribution < -0.4 is 5.32 Å². The molecule has 0 bridgehead atoms. The third kappa shape index (κ3) is 3.90. The molecule has 3 rings (SSSR count). The maximum Gasteiger partial charge on any atom is 0.317 e. The van der Waals surface area contributed by atoms with Crippen molar-refractivity contribution in [2.75, 3.05) is 13.1 Å². The number of carbonyl (C=O) groups is 1. The third-order valence-electron chi connectivity index (χ3n) is 4.32. The molecule has 0 atom stereocenters. The maximum atomic E-state index is 12.2. The third-order valence-corrected chi connectivity index (χ3v) is 4.57. The van der Waals surface area contributed by atoms with Crippen LogP contribution in [0.1, 0.15) is 31.2 Å². The number of imidazole rings is 1. The van der Waals surface area contributed by atoms with Gasteiger partial charge in [0.15, 0.2) is 0 Å². The molecule has 0 unspecified atom stereocenters. The van der Waals surface area contributed by atoms with Gasteiger partial charge in [-0.25, -0.2) is 9.78 Å². The number of carbonyl (C=O) groups excluding carboxylic acids is 1. The van der Waals surface area contributed by atoms with Crippen LogP contribution in [0.15, 0.2) is 36.7 Å². The normalized spacial score (nSPS) is 14.8. The standard InChI is InChI=1S/C18H23ClN4O/c1-13(2)17-20-7-8-22(17)10-15-11-23(12-15)18(24)21-9-14-3-5-16(19)6-4-14/h3-8,13,15H,9-12H2,1-2H3,(H,21,24). The van der Waals surface area contributed by atoms with Gasteiger partial charge in [0.25, 0.3) is 0 Å². The van der Waals surface area contributed by atoms with Gasteiger partial charge in [0, 0.05) is 55.4 Å². The molecule has 1 aliphatic heterocycles. The van der Waals surface area contributed by atoms with E-state index in [1.807, 2.05) is 41.6 Å². The number of benzene rings is 1. The Kier molecular flexibility index (Phi) is 5.09. The summed E-state index contributed by atoms with van der Waals surface area (Å²) in [6, 6.07) is 7.51. The zero-order chi connectivity index (χ0) is 17.1. The Labute approximate surface area is 147 Å². The fraction of sp³-hybridized carbons (Fsp3) is 0.444. The zero-order valence-electron chi connectivity index (χ0n) is 14.1. The first-order valence-corrected chi connectivity index (χ1v) is 8.69. The Morgan fingerprint density at radius 2 is 2.04 bits per heavy atom. The number of hydrogen-bond acceptors (Lipinski definition) is 2. The molecule has 2 heterocycles. The highest BCUT2D eigenvalue weighted by atomic mass is 35.5. The fourth-order valence-corrected chi connectivity index (χ4v) is 3.12. The van der Waals surface area contributed by atoms with Gasteiger partial charge < -0.3 is 14.8 Å². The molecule has 1 N–H and O–H groups in total. The van der Waals surface area contributed by atoms with E-state index in [0.29, 0.717) is 23.4 Å². The zero-order valence-corrected chi connectivity index (χ0v) is 14.8. The van der Waals surface area contributed by atoms with Gasteiger partial charge in [-0.3, -0.25) is 0 Å². The van der Waals surface area contributed by atoms with Crippen molar-refractivity contribution in [2.45, 2.75) is 32.9 Å². The van der Waals surface area contributed by atoms with E-state index in [4.69, 9.17) is 11.6 Å². The van der Waals surface area contributed by atoms with Gasteiger partial charge >= 0.3 is 6.03 Å². The highest BCUT2D eigenvalue weighted by Gasteiger charge is 2.31. The molecule has 128 valence electrons. The number of hydrogen-bond donors (Lipinski definition) is 1. The molecule has 2 aromatic rings. The first kappa shape index (κ1) is 16.8. The Bertz CT molecular complexity index is 689. The minimum Gasteiger partial charge on any atom is -0.334 e. The van der Waals surface area contributed by atoms with Crippen LogP contribution in [0.2, 0.25) is 5.02 Å². The van der Waals surface area contributed by atoms with Gasteiger partial charge in [0.1, 0.15) is 5.82 Å². The summed E-state index contributed by atoms with van der Waals surface area (Å²) in [5.74, 6) is 2.03. The molecular weight excluding hydrogens is 324 g/mol. The number of amides is 2. The van der Waals surface area contributed by atoms with E-state index in [0.717, 1.165) is 31.0 Å². The van der Waals surface area contributed by atoms with E-state index < -0.39 is 0 Å². The summed E-state index contributed by atoms with van der Waals surface area (Å²) in [5, 5.41) is 3.66. The van der Waals surface area contributed by atoms with Crippen LogP contribution in [0.5, 0.6) is 0 Å². The topological polar surface area (TPSA) is 50.2 Å². The number of nitrogens with one attached hydrogen (secondary N) is 1. The molecule has 5 nitrogen and oxygen atoms in total. The predicted octanol–water partition coefficient (Wildman–Crippen LogP) is 3.50. The molecule has 0 aliphatic carbocycles. The molecule has 1 saturated heterocycles. The summed E-state index contributed by atoms with van der Waals surface area (Å²) < 4.78 is 2.21. The first-order valence-electron chi connectivity index (χ1n) is 8.31. The molecule has 24 heavy (non-hydrogen) atoms. The van der Waals surface area contributed by atoms with Crippen LogP contribution in [0, 0.1) is 5.92 Å². The highest BCUT2D eigenvalue weighted by Crippen LogP contribution is 2.20. The molecule has 1 aliphatic rings. The largest absolute Gasteiger partial charge is 0.334 e. The van der Waals surface area contributed by atoms with Gasteiger partial charge in [-0.15, -0.1) is 0 Å². The van der Waals surface area contributed by atoms with Gasteiger partial charge in [0.05, 0.1) is 0 Å². The number of nitrogens with zero attached hydrogens (tertiary/aromatic N) is 3. The van der Waals surface area contributed by atoms with Crippen molar-refractivity contribution >= 4 is 17.6 Å². The lowest BCUT2D eigenvalue weighted by atomic mass is 10.0. The van der Waals surface area contributed by atoms with Gasteiger partial charge in [-0.2, -0.15) is 0 Å². The van der Waals surface area contributed by atoms with Crippen molar-refractivity contribution in [2.24, 2.45) is 5.92 Å². The average Bonchev–Trinajstić information content (AvgIpc) is 2.98. The second kappa shape index (κ2) is 7.26. The second-order valence-corrected chi connectivity index (χ2v) is 7.09. The quantitative estimate of drug-likeness (QED) is 0.900. The van der Waals surface area contributed by atoms with E-state index in [1.165, 1.54) is 0 Å². The van der Waals surface area contributed by atoms with Crippen LogP contribution in [0.3, 0.4) is 0 Å². The molecule has 1 fully saturated rings. The minimum atomic E-state index is -0.00378. The van der Waals surface area contributed by atoms with Crippen molar-refractivity contribution in [1.82, 2.24) is 19.8 Å². The van der Waals surface area contributed by atoms with E-state index >= 15 is 0 Å². The number of rotatable bonds is 5. The van der Waals surface area contributed by atoms with Gasteiger partial charge in [0.2, 0.25) is 0 Å². The van der Waals surface area contributed by atoms with Crippen molar-refractivity contribution in [1.29, 1.82) is 0 Å². The summed E-state index contributed by atoms with van der Waals surface area (Å²) in [7, 11) is 0. The van der Waals surface area contributed by atoms with E-state index in [1.54, 1.807) is 0 Å². The smallest absolute Gasteiger partial charge is 0.317 e. The van der Waals surface area contributed by atoms with E-state index in [-0.39, 0.29) is 6.03 Å². The summed E-state index contributed by atoms with van der Waals surface area (Å²) in [5.41, 5.74) is 1.05. The number of halogens is 1. The molecule has 1 aromatic heterocycles. The summed E-state index contributed by atoms with van der Waals surface area (Å²) >= 11 is 5.86. The lowest BCUT2D eigenvalue weighted by molar-refractivity contribution is 0.109. The van der Waals surface area contributed by atoms with Crippen LogP contribution >= 0.6 is 11.6 Å². The van der Waals surface area contributed by atoms with Crippen molar-refractivity contribution < 1.29 is 4.79 Å². The van der Waals surface area contributed by atoms with Crippen molar-refractivity contribution in [3.05, 3.63) is 53.1 Å². The monoisotopic (exact) mass is 346 g/mol. The predicted molar refractivity (Wildman–Crippen MR) is 95.1 cm³/mol. The fourth-order valence-electron chi connectivity index (χ4n) is 3.00. The Morgan fingerprint density at radius 1 is 1.33 bits per heavy atom. The van der Waals surface area contributed by atoms with Crippen molar-refractivity contribution in [3.63, 3.8) is 0 Å². The molecule has 0 spiro atoms. The Morgan fingerprint density at radius 3 is 2.71 bits per heavy atom. The SMILES string of the molecule is CC(C)c1nccn1CC1CN(C(=O)NCc2ccc(Cl)cc2)C1. The first-order chi connectivity index (χ1) is 11.5. The molecule has 2 amide bonds. The van der Waals surface area contributed by atoms with Gasteiger partial charge in [-0.05, 0) is 17.7 Å². The summed E-state index contributed by atoms with van der Waals surface area (Å²) in [4.78, 5) is 18.4. The molecule has 0 saturated carbocycles. The Hall–Kier alpha value is -2.01. The minimum absolute atomic E-state index is 0.00378. The lowest BCUT2D eigenvalue weighted by Crippen LogP contribution is -2.54. The summed E-state index contributed by atoms with van der Waals surface area (Å²) in [6.07, 6.45) is 3.88. The molecule has 6 heteroatoms. The van der Waals surface area contributed by atoms with Crippen LogP contribution in [-0.2, 0) is 13.1 Å². The molecular formula is C18H23ClN4O. The van der Waals surface area contributed by atoms with Crippen molar-refractivity contribution in [3.8, 4) is 0 Å². The molecule has 1 aromatic carbocycles. The van der Waals surface area contributed by atoms with Crippen LogP contribution in [0.25, 0.3) is 0 Å². The summed E-state index contributed by atoms with van der Waals surface area (Å²) in [6.45, 7) is 7.33. The van der Waals surface area contributed by atoms with Gasteiger partial charge in [-0.1, -0.05) is 37.6 Å². The van der Waals surface area contributed by atoms with E-state index in [9.17, 15) is 4.79 Å². The maximum absolute atomic E-state index is 12.2. The van der Waals surface area contributed by atoms with Crippen LogP contribution in [0.4, 0.5) is 4.79 Å². The Balaban J connectivity index is 1.43. The second-order valence-electron chi connectivity index (χ2n) is 6.65. The van der Waals surface area contributed by atoms with Crippen LogP contribution in [-0.4, -0.2) is 33.6 Å². The lowest BCUT2D eigenvalue weighted by Gasteiger charge is -2.39. The highest BCUT2D eigenvalue weighted by molar-refractivity contribution is 6.30. The number of urea groups is 1.